The monoisotopic (exact) mass is 264 g/mol. The van der Waals surface area contributed by atoms with E-state index < -0.39 is 5.97 Å². The Hall–Kier alpha value is -1.84. The quantitative estimate of drug-likeness (QED) is 0.584. The van der Waals surface area contributed by atoms with Gasteiger partial charge in [-0.3, -0.25) is 9.59 Å². The number of carbonyl (C=O) groups is 2. The second-order valence-electron chi connectivity index (χ2n) is 4.50. The maximum atomic E-state index is 11.9. The number of para-hydroxylation sites is 2. The Kier molecular flexibility index (Phi) is 6.06. The van der Waals surface area contributed by atoms with Crippen molar-refractivity contribution in [3.05, 3.63) is 24.3 Å². The highest BCUT2D eigenvalue weighted by Crippen LogP contribution is 2.27. The van der Waals surface area contributed by atoms with Crippen LogP contribution in [0, 0.1) is 5.92 Å². The van der Waals surface area contributed by atoms with Gasteiger partial charge in [-0.05, 0) is 18.6 Å². The normalized spacial score (nSPS) is 11.7. The minimum atomic E-state index is -0.442. The third-order valence-corrected chi connectivity index (χ3v) is 2.71. The van der Waals surface area contributed by atoms with E-state index in [0.29, 0.717) is 0 Å². The molecule has 0 N–H and O–H groups in total. The molecule has 0 aliphatic carbocycles. The van der Waals surface area contributed by atoms with Crippen LogP contribution in [0.5, 0.6) is 11.5 Å². The lowest BCUT2D eigenvalue weighted by atomic mass is 10.1. The number of hydrogen-bond acceptors (Lipinski definition) is 4. The van der Waals surface area contributed by atoms with Crippen LogP contribution >= 0.6 is 0 Å². The van der Waals surface area contributed by atoms with Gasteiger partial charge in [0.1, 0.15) is 0 Å². The SMILES string of the molecule is CCCCC(C)C(=O)Oc1ccccc1OC(C)=O. The van der Waals surface area contributed by atoms with Crippen molar-refractivity contribution in [1.29, 1.82) is 0 Å². The fourth-order valence-corrected chi connectivity index (χ4v) is 1.61. The average molecular weight is 264 g/mol. The van der Waals surface area contributed by atoms with Gasteiger partial charge in [0.05, 0.1) is 5.92 Å². The first-order chi connectivity index (χ1) is 9.04. The molecule has 19 heavy (non-hydrogen) atoms. The van der Waals surface area contributed by atoms with Gasteiger partial charge in [0.2, 0.25) is 0 Å². The van der Waals surface area contributed by atoms with Crippen molar-refractivity contribution in [2.24, 2.45) is 5.92 Å². The number of benzene rings is 1. The topological polar surface area (TPSA) is 52.6 Å². The van der Waals surface area contributed by atoms with Gasteiger partial charge in [0.15, 0.2) is 11.5 Å². The molecule has 4 nitrogen and oxygen atoms in total. The number of rotatable bonds is 6. The molecule has 1 atom stereocenters. The summed E-state index contributed by atoms with van der Waals surface area (Å²) < 4.78 is 10.3. The summed E-state index contributed by atoms with van der Waals surface area (Å²) in [7, 11) is 0. The summed E-state index contributed by atoms with van der Waals surface area (Å²) in [5.74, 6) is -0.349. The number of carbonyl (C=O) groups excluding carboxylic acids is 2. The molecular formula is C15H20O4. The summed E-state index contributed by atoms with van der Waals surface area (Å²) in [6, 6.07) is 6.66. The van der Waals surface area contributed by atoms with Gasteiger partial charge in [-0.2, -0.15) is 0 Å². The molecule has 104 valence electrons. The molecular weight excluding hydrogens is 244 g/mol. The van der Waals surface area contributed by atoms with Crippen LogP contribution in [0.25, 0.3) is 0 Å². The molecule has 0 fully saturated rings. The molecule has 0 amide bonds. The van der Waals surface area contributed by atoms with Gasteiger partial charge in [-0.25, -0.2) is 0 Å². The lowest BCUT2D eigenvalue weighted by molar-refractivity contribution is -0.139. The molecule has 1 aromatic carbocycles. The largest absolute Gasteiger partial charge is 0.423 e. The lowest BCUT2D eigenvalue weighted by Crippen LogP contribution is -2.18. The van der Waals surface area contributed by atoms with E-state index in [-0.39, 0.29) is 23.4 Å². The highest BCUT2D eigenvalue weighted by atomic mass is 16.6. The number of hydrogen-bond donors (Lipinski definition) is 0. The highest BCUT2D eigenvalue weighted by Gasteiger charge is 2.17. The van der Waals surface area contributed by atoms with E-state index in [1.165, 1.54) is 6.92 Å². The Labute approximate surface area is 113 Å². The minimum Gasteiger partial charge on any atom is -0.423 e. The van der Waals surface area contributed by atoms with Gasteiger partial charge >= 0.3 is 11.9 Å². The molecule has 0 spiro atoms. The zero-order valence-corrected chi connectivity index (χ0v) is 11.6. The summed E-state index contributed by atoms with van der Waals surface area (Å²) in [4.78, 5) is 22.9. The second kappa shape index (κ2) is 7.56. The number of unbranched alkanes of at least 4 members (excludes halogenated alkanes) is 1. The maximum absolute atomic E-state index is 11.9. The Morgan fingerprint density at radius 1 is 1.16 bits per heavy atom. The van der Waals surface area contributed by atoms with Crippen molar-refractivity contribution in [3.63, 3.8) is 0 Å². The molecule has 0 aromatic heterocycles. The number of esters is 2. The second-order valence-corrected chi connectivity index (χ2v) is 4.50. The van der Waals surface area contributed by atoms with Gasteiger partial charge in [0.25, 0.3) is 0 Å². The average Bonchev–Trinajstić information content (AvgIpc) is 2.37. The fraction of sp³-hybridized carbons (Fsp3) is 0.467. The fourth-order valence-electron chi connectivity index (χ4n) is 1.61. The van der Waals surface area contributed by atoms with Crippen LogP contribution in [0.15, 0.2) is 24.3 Å². The van der Waals surface area contributed by atoms with Crippen LogP contribution in [-0.4, -0.2) is 11.9 Å². The van der Waals surface area contributed by atoms with Crippen molar-refractivity contribution in [2.75, 3.05) is 0 Å². The van der Waals surface area contributed by atoms with Crippen LogP contribution in [0.2, 0.25) is 0 Å². The van der Waals surface area contributed by atoms with Crippen molar-refractivity contribution >= 4 is 11.9 Å². The first kappa shape index (κ1) is 15.2. The molecule has 0 heterocycles. The molecule has 4 heteroatoms. The van der Waals surface area contributed by atoms with Crippen molar-refractivity contribution in [2.45, 2.75) is 40.0 Å². The van der Waals surface area contributed by atoms with Crippen molar-refractivity contribution in [1.82, 2.24) is 0 Å². The van der Waals surface area contributed by atoms with Gasteiger partial charge < -0.3 is 9.47 Å². The number of ether oxygens (including phenoxy) is 2. The molecule has 1 unspecified atom stereocenters. The van der Waals surface area contributed by atoms with Crippen LogP contribution in [0.3, 0.4) is 0 Å². The zero-order chi connectivity index (χ0) is 14.3. The molecule has 0 aliphatic rings. The Balaban J connectivity index is 2.70. The van der Waals surface area contributed by atoms with Crippen LogP contribution in [0.4, 0.5) is 0 Å². The highest BCUT2D eigenvalue weighted by molar-refractivity contribution is 5.76. The summed E-state index contributed by atoms with van der Waals surface area (Å²) in [6.45, 7) is 5.23. The third-order valence-electron chi connectivity index (χ3n) is 2.71. The van der Waals surface area contributed by atoms with E-state index in [4.69, 9.17) is 9.47 Å². The van der Waals surface area contributed by atoms with E-state index in [0.717, 1.165) is 19.3 Å². The third kappa shape index (κ3) is 5.12. The molecule has 0 aliphatic heterocycles. The smallest absolute Gasteiger partial charge is 0.314 e. The first-order valence-corrected chi connectivity index (χ1v) is 6.53. The maximum Gasteiger partial charge on any atom is 0.314 e. The van der Waals surface area contributed by atoms with Crippen LogP contribution in [-0.2, 0) is 9.59 Å². The van der Waals surface area contributed by atoms with Crippen LogP contribution < -0.4 is 9.47 Å². The van der Waals surface area contributed by atoms with Crippen molar-refractivity contribution in [3.8, 4) is 11.5 Å². The Morgan fingerprint density at radius 2 is 1.74 bits per heavy atom. The molecule has 0 radical (unpaired) electrons. The van der Waals surface area contributed by atoms with E-state index in [1.807, 2.05) is 6.92 Å². The predicted molar refractivity (Wildman–Crippen MR) is 72.1 cm³/mol. The van der Waals surface area contributed by atoms with E-state index in [2.05, 4.69) is 6.92 Å². The van der Waals surface area contributed by atoms with Gasteiger partial charge in [0, 0.05) is 6.92 Å². The Morgan fingerprint density at radius 3 is 2.26 bits per heavy atom. The molecule has 1 aromatic rings. The predicted octanol–water partition coefficient (Wildman–Crippen LogP) is 3.34. The molecule has 1 rings (SSSR count). The molecule has 0 saturated carbocycles. The van der Waals surface area contributed by atoms with E-state index >= 15 is 0 Å². The van der Waals surface area contributed by atoms with Gasteiger partial charge in [-0.15, -0.1) is 0 Å². The Bertz CT molecular complexity index is 440. The van der Waals surface area contributed by atoms with E-state index in [1.54, 1.807) is 24.3 Å². The van der Waals surface area contributed by atoms with Gasteiger partial charge in [-0.1, -0.05) is 38.8 Å². The van der Waals surface area contributed by atoms with E-state index in [9.17, 15) is 9.59 Å². The molecule has 0 saturated heterocycles. The first-order valence-electron chi connectivity index (χ1n) is 6.53. The summed E-state index contributed by atoms with van der Waals surface area (Å²) in [6.07, 6.45) is 2.83. The molecule has 0 bridgehead atoms. The minimum absolute atomic E-state index is 0.162. The van der Waals surface area contributed by atoms with Crippen LogP contribution in [0.1, 0.15) is 40.0 Å². The lowest BCUT2D eigenvalue weighted by Gasteiger charge is -2.12. The standard InChI is InChI=1S/C15H20O4/c1-4-5-8-11(2)15(17)19-14-10-7-6-9-13(14)18-12(3)16/h6-7,9-11H,4-5,8H2,1-3H3. The zero-order valence-electron chi connectivity index (χ0n) is 11.6. The summed E-state index contributed by atoms with van der Waals surface area (Å²) in [5, 5.41) is 0. The van der Waals surface area contributed by atoms with Crippen molar-refractivity contribution < 1.29 is 19.1 Å². The summed E-state index contributed by atoms with van der Waals surface area (Å²) in [5.41, 5.74) is 0. The summed E-state index contributed by atoms with van der Waals surface area (Å²) >= 11 is 0.